The van der Waals surface area contributed by atoms with Gasteiger partial charge in [0, 0.05) is 19.2 Å². The first-order chi connectivity index (χ1) is 8.56. The van der Waals surface area contributed by atoms with Crippen molar-refractivity contribution < 1.29 is 14.3 Å². The first kappa shape index (κ1) is 14.4. The molecule has 0 radical (unpaired) electrons. The van der Waals surface area contributed by atoms with E-state index < -0.39 is 11.7 Å². The Morgan fingerprint density at radius 1 is 1.22 bits per heavy atom. The Hall–Kier alpha value is -1.68. The van der Waals surface area contributed by atoms with Crippen molar-refractivity contribution >= 4 is 11.7 Å². The topological polar surface area (TPSA) is 55.4 Å². The number of ether oxygens (including phenoxy) is 1. The Kier molecular flexibility index (Phi) is 5.52. The molecule has 98 valence electrons. The van der Waals surface area contributed by atoms with Crippen LogP contribution in [0, 0.1) is 0 Å². The van der Waals surface area contributed by atoms with Crippen LogP contribution in [0.2, 0.25) is 0 Å². The van der Waals surface area contributed by atoms with E-state index in [4.69, 9.17) is 4.74 Å². The van der Waals surface area contributed by atoms with Gasteiger partial charge in [0.15, 0.2) is 0 Å². The van der Waals surface area contributed by atoms with Crippen molar-refractivity contribution in [3.8, 4) is 0 Å². The number of carbonyl (C=O) groups is 2. The molecule has 0 aliphatic heterocycles. The zero-order valence-electron chi connectivity index (χ0n) is 11.0. The minimum absolute atomic E-state index is 0.338. The van der Waals surface area contributed by atoms with Gasteiger partial charge in [-0.2, -0.15) is 0 Å². The molecule has 0 aliphatic carbocycles. The second kappa shape index (κ2) is 6.91. The zero-order valence-corrected chi connectivity index (χ0v) is 11.0. The maximum atomic E-state index is 11.8. The summed E-state index contributed by atoms with van der Waals surface area (Å²) >= 11 is 0. The third-order valence-electron chi connectivity index (χ3n) is 2.64. The molecule has 0 aromatic heterocycles. The van der Waals surface area contributed by atoms with E-state index in [0.29, 0.717) is 24.6 Å². The highest BCUT2D eigenvalue weighted by molar-refractivity contribution is 6.42. The van der Waals surface area contributed by atoms with E-state index in [2.05, 4.69) is 19.2 Å². The van der Waals surface area contributed by atoms with E-state index in [1.54, 1.807) is 19.2 Å². The highest BCUT2D eigenvalue weighted by atomic mass is 16.5. The van der Waals surface area contributed by atoms with Crippen LogP contribution in [0.15, 0.2) is 24.3 Å². The molecule has 0 aliphatic rings. The number of nitrogens with one attached hydrogen (secondary N) is 1. The SMILES string of the molecule is COCCNC(=O)C(=O)c1ccc(C(C)C)cc1. The van der Waals surface area contributed by atoms with Gasteiger partial charge in [-0.3, -0.25) is 9.59 Å². The second-order valence-electron chi connectivity index (χ2n) is 4.35. The van der Waals surface area contributed by atoms with Gasteiger partial charge >= 0.3 is 0 Å². The Morgan fingerprint density at radius 2 is 1.83 bits per heavy atom. The number of Topliss-reactive ketones (excluding diaryl/α,β-unsaturated/α-hetero) is 1. The van der Waals surface area contributed by atoms with Crippen LogP contribution in [0.1, 0.15) is 35.7 Å². The Labute approximate surface area is 107 Å². The van der Waals surface area contributed by atoms with Gasteiger partial charge in [0.25, 0.3) is 5.91 Å². The monoisotopic (exact) mass is 249 g/mol. The van der Waals surface area contributed by atoms with Crippen molar-refractivity contribution in [3.63, 3.8) is 0 Å². The minimum atomic E-state index is -0.593. The van der Waals surface area contributed by atoms with E-state index >= 15 is 0 Å². The molecule has 0 unspecified atom stereocenters. The molecule has 18 heavy (non-hydrogen) atoms. The van der Waals surface area contributed by atoms with Crippen LogP contribution in [0.4, 0.5) is 0 Å². The summed E-state index contributed by atoms with van der Waals surface area (Å²) in [5.41, 5.74) is 1.56. The van der Waals surface area contributed by atoms with Crippen LogP contribution in [-0.4, -0.2) is 32.0 Å². The second-order valence-corrected chi connectivity index (χ2v) is 4.35. The lowest BCUT2D eigenvalue weighted by Gasteiger charge is -2.07. The molecule has 1 rings (SSSR count). The van der Waals surface area contributed by atoms with Gasteiger partial charge in [0.2, 0.25) is 5.78 Å². The molecule has 1 amide bonds. The van der Waals surface area contributed by atoms with Gasteiger partial charge in [-0.25, -0.2) is 0 Å². The minimum Gasteiger partial charge on any atom is -0.383 e. The molecule has 1 N–H and O–H groups in total. The first-order valence-electron chi connectivity index (χ1n) is 5.97. The molecule has 0 fully saturated rings. The number of ketones is 1. The molecule has 0 saturated heterocycles. The summed E-state index contributed by atoms with van der Waals surface area (Å²) < 4.78 is 4.79. The van der Waals surface area contributed by atoms with Crippen LogP contribution in [0.3, 0.4) is 0 Å². The van der Waals surface area contributed by atoms with Crippen molar-refractivity contribution in [2.24, 2.45) is 0 Å². The summed E-state index contributed by atoms with van der Waals surface area (Å²) in [5, 5.41) is 2.51. The highest BCUT2D eigenvalue weighted by Gasteiger charge is 2.15. The molecule has 0 spiro atoms. The number of carbonyl (C=O) groups excluding carboxylic acids is 2. The lowest BCUT2D eigenvalue weighted by atomic mass is 10.0. The zero-order chi connectivity index (χ0) is 13.5. The highest BCUT2D eigenvalue weighted by Crippen LogP contribution is 2.14. The summed E-state index contributed by atoms with van der Waals surface area (Å²) in [5.74, 6) is -0.699. The predicted molar refractivity (Wildman–Crippen MR) is 69.7 cm³/mol. The molecule has 4 nitrogen and oxygen atoms in total. The summed E-state index contributed by atoms with van der Waals surface area (Å²) in [4.78, 5) is 23.3. The van der Waals surface area contributed by atoms with Gasteiger partial charge in [-0.05, 0) is 11.5 Å². The molecule has 0 heterocycles. The van der Waals surface area contributed by atoms with Gasteiger partial charge < -0.3 is 10.1 Å². The average molecular weight is 249 g/mol. The smallest absolute Gasteiger partial charge is 0.292 e. The first-order valence-corrected chi connectivity index (χ1v) is 5.97. The van der Waals surface area contributed by atoms with Crippen LogP contribution < -0.4 is 5.32 Å². The van der Waals surface area contributed by atoms with E-state index in [1.165, 1.54) is 0 Å². The van der Waals surface area contributed by atoms with E-state index in [1.807, 2.05) is 12.1 Å². The van der Waals surface area contributed by atoms with Gasteiger partial charge in [-0.1, -0.05) is 38.1 Å². The van der Waals surface area contributed by atoms with Crippen molar-refractivity contribution in [1.29, 1.82) is 0 Å². The molecule has 1 aromatic rings. The molecule has 0 atom stereocenters. The maximum Gasteiger partial charge on any atom is 0.292 e. The largest absolute Gasteiger partial charge is 0.383 e. The third kappa shape index (κ3) is 3.96. The van der Waals surface area contributed by atoms with Crippen LogP contribution >= 0.6 is 0 Å². The summed E-state index contributed by atoms with van der Waals surface area (Å²) in [6.45, 7) is 4.89. The quantitative estimate of drug-likeness (QED) is 0.475. The summed E-state index contributed by atoms with van der Waals surface area (Å²) in [6.07, 6.45) is 0. The van der Waals surface area contributed by atoms with Gasteiger partial charge in [-0.15, -0.1) is 0 Å². The molecule has 1 aromatic carbocycles. The molecule has 0 bridgehead atoms. The number of amides is 1. The molecule has 4 heteroatoms. The lowest BCUT2D eigenvalue weighted by Crippen LogP contribution is -2.33. The number of hydrogen-bond acceptors (Lipinski definition) is 3. The fourth-order valence-corrected chi connectivity index (χ4v) is 1.50. The van der Waals surface area contributed by atoms with Crippen molar-refractivity contribution in [2.75, 3.05) is 20.3 Å². The molecular formula is C14H19NO3. The van der Waals surface area contributed by atoms with E-state index in [-0.39, 0.29) is 0 Å². The van der Waals surface area contributed by atoms with Gasteiger partial charge in [0.1, 0.15) is 0 Å². The third-order valence-corrected chi connectivity index (χ3v) is 2.64. The Morgan fingerprint density at radius 3 is 2.33 bits per heavy atom. The predicted octanol–water partition coefficient (Wildman–Crippen LogP) is 1.76. The van der Waals surface area contributed by atoms with E-state index in [0.717, 1.165) is 5.56 Å². The molecular weight excluding hydrogens is 230 g/mol. The standard InChI is InChI=1S/C14H19NO3/c1-10(2)11-4-6-12(7-5-11)13(16)14(17)15-8-9-18-3/h4-7,10H,8-9H2,1-3H3,(H,15,17). The maximum absolute atomic E-state index is 11.8. The summed E-state index contributed by atoms with van der Waals surface area (Å²) in [7, 11) is 1.54. The number of hydrogen-bond donors (Lipinski definition) is 1. The van der Waals surface area contributed by atoms with Crippen molar-refractivity contribution in [1.82, 2.24) is 5.32 Å². The summed E-state index contributed by atoms with van der Waals surface area (Å²) in [6, 6.07) is 7.13. The number of methoxy groups -OCH3 is 1. The number of benzene rings is 1. The van der Waals surface area contributed by atoms with Crippen LogP contribution in [-0.2, 0) is 9.53 Å². The lowest BCUT2D eigenvalue weighted by molar-refractivity contribution is -0.117. The normalized spacial score (nSPS) is 10.4. The van der Waals surface area contributed by atoms with Crippen molar-refractivity contribution in [2.45, 2.75) is 19.8 Å². The van der Waals surface area contributed by atoms with Crippen molar-refractivity contribution in [3.05, 3.63) is 35.4 Å². The van der Waals surface area contributed by atoms with Gasteiger partial charge in [0.05, 0.1) is 6.61 Å². The Balaban J connectivity index is 2.63. The van der Waals surface area contributed by atoms with Crippen LogP contribution in [0.5, 0.6) is 0 Å². The molecule has 0 saturated carbocycles. The van der Waals surface area contributed by atoms with Crippen LogP contribution in [0.25, 0.3) is 0 Å². The fourth-order valence-electron chi connectivity index (χ4n) is 1.50. The van der Waals surface area contributed by atoms with E-state index in [9.17, 15) is 9.59 Å². The Bertz CT molecular complexity index is 410. The average Bonchev–Trinajstić information content (AvgIpc) is 2.38. The fraction of sp³-hybridized carbons (Fsp3) is 0.429. The number of rotatable bonds is 6.